The molecule has 1 aliphatic rings. The van der Waals surface area contributed by atoms with Crippen molar-refractivity contribution >= 4 is 5.91 Å². The first-order chi connectivity index (χ1) is 8.26. The molecule has 0 aromatic rings. The zero-order valence-electron chi connectivity index (χ0n) is 10.8. The zero-order chi connectivity index (χ0) is 12.5. The van der Waals surface area contributed by atoms with E-state index in [-0.39, 0.29) is 18.6 Å². The Kier molecular flexibility index (Phi) is 7.16. The predicted molar refractivity (Wildman–Crippen MR) is 65.9 cm³/mol. The molecule has 0 aliphatic heterocycles. The Morgan fingerprint density at radius 2 is 2.00 bits per heavy atom. The van der Waals surface area contributed by atoms with Crippen molar-refractivity contribution in [1.29, 1.82) is 0 Å². The van der Waals surface area contributed by atoms with E-state index < -0.39 is 0 Å². The topological polar surface area (TPSA) is 59.6 Å². The fourth-order valence-corrected chi connectivity index (χ4v) is 2.06. The largest absolute Gasteiger partial charge is 0.383 e. The van der Waals surface area contributed by atoms with Gasteiger partial charge in [-0.1, -0.05) is 0 Å². The lowest BCUT2D eigenvalue weighted by atomic mass is 9.93. The number of rotatable bonds is 7. The van der Waals surface area contributed by atoms with Gasteiger partial charge >= 0.3 is 0 Å². The van der Waals surface area contributed by atoms with E-state index in [1.165, 1.54) is 0 Å². The third-order valence-electron chi connectivity index (χ3n) is 3.16. The van der Waals surface area contributed by atoms with Gasteiger partial charge in [0.1, 0.15) is 6.61 Å². The summed E-state index contributed by atoms with van der Waals surface area (Å²) in [6.07, 6.45) is 4.58. The summed E-state index contributed by atoms with van der Waals surface area (Å²) in [7, 11) is 3.61. The van der Waals surface area contributed by atoms with Crippen molar-refractivity contribution < 1.29 is 14.3 Å². The molecule has 0 heterocycles. The van der Waals surface area contributed by atoms with E-state index in [4.69, 9.17) is 9.47 Å². The minimum absolute atomic E-state index is 0.0576. The number of nitrogens with one attached hydrogen (secondary N) is 2. The molecule has 0 saturated heterocycles. The first-order valence-electron chi connectivity index (χ1n) is 6.30. The molecule has 1 amide bonds. The molecule has 2 N–H and O–H groups in total. The van der Waals surface area contributed by atoms with Crippen LogP contribution in [0.1, 0.15) is 25.7 Å². The SMILES string of the molecule is CNC1CCC(OCC(=O)NCCOC)CC1. The van der Waals surface area contributed by atoms with E-state index >= 15 is 0 Å². The van der Waals surface area contributed by atoms with Gasteiger partial charge in [-0.25, -0.2) is 0 Å². The maximum atomic E-state index is 11.4. The molecule has 100 valence electrons. The minimum Gasteiger partial charge on any atom is -0.383 e. The quantitative estimate of drug-likeness (QED) is 0.632. The molecule has 1 rings (SSSR count). The monoisotopic (exact) mass is 244 g/mol. The average Bonchev–Trinajstić information content (AvgIpc) is 2.37. The molecule has 0 radical (unpaired) electrons. The molecule has 1 fully saturated rings. The van der Waals surface area contributed by atoms with Crippen LogP contribution in [0.2, 0.25) is 0 Å². The van der Waals surface area contributed by atoms with Crippen LogP contribution in [0.3, 0.4) is 0 Å². The third-order valence-corrected chi connectivity index (χ3v) is 3.16. The van der Waals surface area contributed by atoms with Crippen LogP contribution >= 0.6 is 0 Å². The standard InChI is InChI=1S/C12H24N2O3/c1-13-10-3-5-11(6-4-10)17-9-12(15)14-7-8-16-2/h10-11,13H,3-9H2,1-2H3,(H,14,15). The van der Waals surface area contributed by atoms with E-state index in [0.29, 0.717) is 19.2 Å². The smallest absolute Gasteiger partial charge is 0.246 e. The Bertz CT molecular complexity index is 216. The van der Waals surface area contributed by atoms with Crippen molar-refractivity contribution in [3.63, 3.8) is 0 Å². The van der Waals surface area contributed by atoms with Gasteiger partial charge < -0.3 is 20.1 Å². The molecule has 0 aromatic carbocycles. The molecule has 5 heteroatoms. The molecular formula is C12H24N2O3. The lowest BCUT2D eigenvalue weighted by Gasteiger charge is -2.28. The highest BCUT2D eigenvalue weighted by atomic mass is 16.5. The zero-order valence-corrected chi connectivity index (χ0v) is 10.8. The first kappa shape index (κ1) is 14.4. The lowest BCUT2D eigenvalue weighted by Crippen LogP contribution is -2.36. The van der Waals surface area contributed by atoms with Gasteiger partial charge in [-0.15, -0.1) is 0 Å². The van der Waals surface area contributed by atoms with Crippen molar-refractivity contribution in [1.82, 2.24) is 10.6 Å². The lowest BCUT2D eigenvalue weighted by molar-refractivity contribution is -0.128. The molecule has 0 atom stereocenters. The normalized spacial score (nSPS) is 24.6. The van der Waals surface area contributed by atoms with Gasteiger partial charge in [0.25, 0.3) is 0 Å². The summed E-state index contributed by atoms with van der Waals surface area (Å²) in [5, 5.41) is 6.02. The van der Waals surface area contributed by atoms with Gasteiger partial charge in [-0.05, 0) is 32.7 Å². The van der Waals surface area contributed by atoms with Crippen LogP contribution < -0.4 is 10.6 Å². The van der Waals surface area contributed by atoms with Crippen molar-refractivity contribution in [2.24, 2.45) is 0 Å². The van der Waals surface area contributed by atoms with Crippen LogP contribution in [0.5, 0.6) is 0 Å². The minimum atomic E-state index is -0.0576. The number of carbonyl (C=O) groups excluding carboxylic acids is 1. The maximum Gasteiger partial charge on any atom is 0.246 e. The highest BCUT2D eigenvalue weighted by Crippen LogP contribution is 2.20. The summed E-state index contributed by atoms with van der Waals surface area (Å²) < 4.78 is 10.4. The summed E-state index contributed by atoms with van der Waals surface area (Å²) >= 11 is 0. The summed E-state index contributed by atoms with van der Waals surface area (Å²) in [6.45, 7) is 1.25. The summed E-state index contributed by atoms with van der Waals surface area (Å²) in [4.78, 5) is 11.4. The fraction of sp³-hybridized carbons (Fsp3) is 0.917. The Balaban J connectivity index is 2.04. The summed E-state index contributed by atoms with van der Waals surface area (Å²) in [6, 6.07) is 0.616. The molecule has 0 spiro atoms. The van der Waals surface area contributed by atoms with Crippen molar-refractivity contribution in [3.8, 4) is 0 Å². The van der Waals surface area contributed by atoms with Crippen molar-refractivity contribution in [2.75, 3.05) is 33.9 Å². The van der Waals surface area contributed by atoms with Crippen LogP contribution in [0.15, 0.2) is 0 Å². The Labute approximate surface area is 103 Å². The Morgan fingerprint density at radius 3 is 2.59 bits per heavy atom. The van der Waals surface area contributed by atoms with Crippen LogP contribution in [0, 0.1) is 0 Å². The van der Waals surface area contributed by atoms with Gasteiger partial charge in [0.15, 0.2) is 0 Å². The number of hydrogen-bond donors (Lipinski definition) is 2. The molecule has 0 unspecified atom stereocenters. The fourth-order valence-electron chi connectivity index (χ4n) is 2.06. The van der Waals surface area contributed by atoms with Gasteiger partial charge in [-0.3, -0.25) is 4.79 Å². The summed E-state index contributed by atoms with van der Waals surface area (Å²) in [5.41, 5.74) is 0. The van der Waals surface area contributed by atoms with E-state index in [1.54, 1.807) is 7.11 Å². The summed E-state index contributed by atoms with van der Waals surface area (Å²) in [5.74, 6) is -0.0576. The molecule has 0 aromatic heterocycles. The average molecular weight is 244 g/mol. The van der Waals surface area contributed by atoms with Gasteiger partial charge in [0, 0.05) is 19.7 Å². The number of carbonyl (C=O) groups is 1. The number of hydrogen-bond acceptors (Lipinski definition) is 4. The second-order valence-corrected chi connectivity index (χ2v) is 4.42. The molecule has 1 saturated carbocycles. The van der Waals surface area contributed by atoms with Crippen LogP contribution in [-0.4, -0.2) is 52.0 Å². The van der Waals surface area contributed by atoms with E-state index in [2.05, 4.69) is 10.6 Å². The maximum absolute atomic E-state index is 11.4. The van der Waals surface area contributed by atoms with E-state index in [0.717, 1.165) is 25.7 Å². The van der Waals surface area contributed by atoms with Crippen LogP contribution in [0.4, 0.5) is 0 Å². The predicted octanol–water partition coefficient (Wildman–Crippen LogP) is 0.296. The molecule has 1 aliphatic carbocycles. The molecule has 5 nitrogen and oxygen atoms in total. The number of amides is 1. The Hall–Kier alpha value is -0.650. The van der Waals surface area contributed by atoms with Crippen LogP contribution in [-0.2, 0) is 14.3 Å². The van der Waals surface area contributed by atoms with Crippen molar-refractivity contribution in [2.45, 2.75) is 37.8 Å². The van der Waals surface area contributed by atoms with Gasteiger partial charge in [-0.2, -0.15) is 0 Å². The second-order valence-electron chi connectivity index (χ2n) is 4.42. The van der Waals surface area contributed by atoms with Crippen molar-refractivity contribution in [3.05, 3.63) is 0 Å². The van der Waals surface area contributed by atoms with Gasteiger partial charge in [0.05, 0.1) is 12.7 Å². The third kappa shape index (κ3) is 6.00. The number of methoxy groups -OCH3 is 1. The second kappa shape index (κ2) is 8.44. The van der Waals surface area contributed by atoms with Gasteiger partial charge in [0.2, 0.25) is 5.91 Å². The van der Waals surface area contributed by atoms with E-state index in [1.807, 2.05) is 7.05 Å². The van der Waals surface area contributed by atoms with Crippen LogP contribution in [0.25, 0.3) is 0 Å². The molecule has 0 bridgehead atoms. The molecule has 17 heavy (non-hydrogen) atoms. The highest BCUT2D eigenvalue weighted by molar-refractivity contribution is 5.77. The van der Waals surface area contributed by atoms with E-state index in [9.17, 15) is 4.79 Å². The Morgan fingerprint density at radius 1 is 1.29 bits per heavy atom. The first-order valence-corrected chi connectivity index (χ1v) is 6.30. The molecular weight excluding hydrogens is 220 g/mol. The highest BCUT2D eigenvalue weighted by Gasteiger charge is 2.20. The number of ether oxygens (including phenoxy) is 2.